The number of nitrogens with two attached hydrogens (primary N) is 1. The maximum atomic E-state index is 5.57. The van der Waals surface area contributed by atoms with Crippen LogP contribution in [0, 0.1) is 0 Å². The quantitative estimate of drug-likeness (QED) is 0.885. The zero-order valence-electron chi connectivity index (χ0n) is 8.38. The SMILES string of the molecule is CN(Cc1cscn1)Cc1csc(N)n1. The van der Waals surface area contributed by atoms with Gasteiger partial charge in [0.05, 0.1) is 16.9 Å². The topological polar surface area (TPSA) is 55.0 Å². The molecule has 6 heteroatoms. The molecule has 0 saturated carbocycles. The summed E-state index contributed by atoms with van der Waals surface area (Å²) >= 11 is 3.10. The van der Waals surface area contributed by atoms with Crippen LogP contribution in [-0.2, 0) is 13.1 Å². The van der Waals surface area contributed by atoms with Gasteiger partial charge >= 0.3 is 0 Å². The molecule has 0 amide bonds. The third-order valence-corrected chi connectivity index (χ3v) is 3.27. The molecule has 0 radical (unpaired) electrons. The van der Waals surface area contributed by atoms with E-state index in [-0.39, 0.29) is 0 Å². The second-order valence-electron chi connectivity index (χ2n) is 3.33. The summed E-state index contributed by atoms with van der Waals surface area (Å²) in [5.74, 6) is 0. The monoisotopic (exact) mass is 240 g/mol. The summed E-state index contributed by atoms with van der Waals surface area (Å²) < 4.78 is 0. The van der Waals surface area contributed by atoms with Crippen molar-refractivity contribution in [1.29, 1.82) is 0 Å². The van der Waals surface area contributed by atoms with Gasteiger partial charge in [-0.2, -0.15) is 0 Å². The minimum Gasteiger partial charge on any atom is -0.375 e. The molecule has 2 N–H and O–H groups in total. The first-order valence-electron chi connectivity index (χ1n) is 4.49. The number of hydrogen-bond donors (Lipinski definition) is 1. The molecule has 0 spiro atoms. The third kappa shape index (κ3) is 2.98. The van der Waals surface area contributed by atoms with Crippen molar-refractivity contribution < 1.29 is 0 Å². The molecule has 0 saturated heterocycles. The summed E-state index contributed by atoms with van der Waals surface area (Å²) in [6.07, 6.45) is 0. The van der Waals surface area contributed by atoms with Crippen LogP contribution in [0.1, 0.15) is 11.4 Å². The fourth-order valence-corrected chi connectivity index (χ4v) is 2.42. The molecule has 0 bridgehead atoms. The van der Waals surface area contributed by atoms with Crippen molar-refractivity contribution in [3.8, 4) is 0 Å². The molecule has 0 unspecified atom stereocenters. The molecule has 4 nitrogen and oxygen atoms in total. The van der Waals surface area contributed by atoms with Gasteiger partial charge in [-0.15, -0.1) is 22.7 Å². The number of thiazole rings is 2. The summed E-state index contributed by atoms with van der Waals surface area (Å²) in [5.41, 5.74) is 9.55. The fraction of sp³-hybridized carbons (Fsp3) is 0.333. The first-order valence-corrected chi connectivity index (χ1v) is 6.32. The zero-order chi connectivity index (χ0) is 10.7. The van der Waals surface area contributed by atoms with E-state index < -0.39 is 0 Å². The highest BCUT2D eigenvalue weighted by Crippen LogP contribution is 2.13. The van der Waals surface area contributed by atoms with Crippen LogP contribution in [0.5, 0.6) is 0 Å². The van der Waals surface area contributed by atoms with Crippen LogP contribution >= 0.6 is 22.7 Å². The van der Waals surface area contributed by atoms with Crippen LogP contribution in [0.4, 0.5) is 5.13 Å². The molecule has 15 heavy (non-hydrogen) atoms. The molecule has 2 rings (SSSR count). The van der Waals surface area contributed by atoms with E-state index in [1.54, 1.807) is 11.3 Å². The number of rotatable bonds is 4. The summed E-state index contributed by atoms with van der Waals surface area (Å²) in [7, 11) is 2.05. The molecular weight excluding hydrogens is 228 g/mol. The van der Waals surface area contributed by atoms with Crippen molar-refractivity contribution in [2.45, 2.75) is 13.1 Å². The van der Waals surface area contributed by atoms with E-state index in [2.05, 4.69) is 27.3 Å². The van der Waals surface area contributed by atoms with E-state index in [0.717, 1.165) is 24.5 Å². The summed E-state index contributed by atoms with van der Waals surface area (Å²) in [4.78, 5) is 10.6. The van der Waals surface area contributed by atoms with Crippen LogP contribution in [0.15, 0.2) is 16.3 Å². The van der Waals surface area contributed by atoms with Crippen molar-refractivity contribution in [2.75, 3.05) is 12.8 Å². The molecule has 0 aliphatic carbocycles. The van der Waals surface area contributed by atoms with Gasteiger partial charge in [-0.05, 0) is 7.05 Å². The minimum atomic E-state index is 0.632. The number of hydrogen-bond acceptors (Lipinski definition) is 6. The van der Waals surface area contributed by atoms with Gasteiger partial charge in [0.1, 0.15) is 0 Å². The van der Waals surface area contributed by atoms with Gasteiger partial charge < -0.3 is 5.73 Å². The summed E-state index contributed by atoms with van der Waals surface area (Å²) in [6, 6.07) is 0. The van der Waals surface area contributed by atoms with Gasteiger partial charge in [-0.25, -0.2) is 9.97 Å². The van der Waals surface area contributed by atoms with Crippen LogP contribution in [-0.4, -0.2) is 21.9 Å². The Morgan fingerprint density at radius 3 is 2.73 bits per heavy atom. The predicted molar refractivity (Wildman–Crippen MR) is 63.8 cm³/mol. The van der Waals surface area contributed by atoms with Gasteiger partial charge in [-0.3, -0.25) is 4.90 Å². The van der Waals surface area contributed by atoms with Crippen molar-refractivity contribution in [1.82, 2.24) is 14.9 Å². The Bertz CT molecular complexity index is 409. The molecule has 0 aliphatic heterocycles. The average Bonchev–Trinajstić information content (AvgIpc) is 2.77. The molecule has 80 valence electrons. The van der Waals surface area contributed by atoms with Crippen LogP contribution in [0.3, 0.4) is 0 Å². The van der Waals surface area contributed by atoms with Crippen LogP contribution < -0.4 is 5.73 Å². The van der Waals surface area contributed by atoms with Crippen molar-refractivity contribution in [2.24, 2.45) is 0 Å². The van der Waals surface area contributed by atoms with Gasteiger partial charge in [-0.1, -0.05) is 0 Å². The molecular formula is C9H12N4S2. The Morgan fingerprint density at radius 2 is 2.13 bits per heavy atom. The second kappa shape index (κ2) is 4.69. The Kier molecular flexibility index (Phi) is 3.30. The van der Waals surface area contributed by atoms with Crippen LogP contribution in [0.25, 0.3) is 0 Å². The van der Waals surface area contributed by atoms with E-state index in [1.807, 2.05) is 10.9 Å². The lowest BCUT2D eigenvalue weighted by atomic mass is 10.4. The van der Waals surface area contributed by atoms with E-state index in [1.165, 1.54) is 11.3 Å². The summed E-state index contributed by atoms with van der Waals surface area (Å²) in [5, 5.41) is 4.69. The first kappa shape index (κ1) is 10.5. The lowest BCUT2D eigenvalue weighted by molar-refractivity contribution is 0.312. The average molecular weight is 240 g/mol. The standard InChI is InChI=1S/C9H12N4S2/c1-13(2-7-4-14-6-11-7)3-8-5-15-9(10)12-8/h4-6H,2-3H2,1H3,(H2,10,12). The highest BCUT2D eigenvalue weighted by Gasteiger charge is 2.05. The van der Waals surface area contributed by atoms with Crippen LogP contribution in [0.2, 0.25) is 0 Å². The fourth-order valence-electron chi connectivity index (χ4n) is 1.32. The molecule has 0 fully saturated rings. The predicted octanol–water partition coefficient (Wildman–Crippen LogP) is 1.81. The van der Waals surface area contributed by atoms with E-state index in [0.29, 0.717) is 5.13 Å². The Labute approximate surface area is 96.4 Å². The zero-order valence-corrected chi connectivity index (χ0v) is 10.0. The molecule has 0 aliphatic rings. The van der Waals surface area contributed by atoms with E-state index >= 15 is 0 Å². The maximum Gasteiger partial charge on any atom is 0.180 e. The molecule has 0 aromatic carbocycles. The summed E-state index contributed by atoms with van der Waals surface area (Å²) in [6.45, 7) is 1.66. The van der Waals surface area contributed by atoms with E-state index in [9.17, 15) is 0 Å². The smallest absolute Gasteiger partial charge is 0.180 e. The van der Waals surface area contributed by atoms with Gasteiger partial charge in [0.2, 0.25) is 0 Å². The molecule has 2 aromatic heterocycles. The number of nitrogen functional groups attached to an aromatic ring is 1. The number of aromatic nitrogens is 2. The largest absolute Gasteiger partial charge is 0.375 e. The van der Waals surface area contributed by atoms with Gasteiger partial charge in [0.15, 0.2) is 5.13 Å². The molecule has 0 atom stereocenters. The lowest BCUT2D eigenvalue weighted by Gasteiger charge is -2.13. The Balaban J connectivity index is 1.90. The van der Waals surface area contributed by atoms with Crippen molar-refractivity contribution >= 4 is 27.8 Å². The van der Waals surface area contributed by atoms with E-state index in [4.69, 9.17) is 5.73 Å². The molecule has 2 aromatic rings. The second-order valence-corrected chi connectivity index (χ2v) is 4.94. The number of nitrogens with zero attached hydrogens (tertiary/aromatic N) is 3. The van der Waals surface area contributed by atoms with Crippen molar-refractivity contribution in [3.63, 3.8) is 0 Å². The Morgan fingerprint density at radius 1 is 1.33 bits per heavy atom. The van der Waals surface area contributed by atoms with Gasteiger partial charge in [0.25, 0.3) is 0 Å². The molecule has 2 heterocycles. The highest BCUT2D eigenvalue weighted by atomic mass is 32.1. The normalized spacial score (nSPS) is 11.1. The third-order valence-electron chi connectivity index (χ3n) is 1.92. The van der Waals surface area contributed by atoms with Gasteiger partial charge in [0, 0.05) is 23.8 Å². The first-order chi connectivity index (χ1) is 7.24. The Hall–Kier alpha value is -0.980. The minimum absolute atomic E-state index is 0.632. The maximum absolute atomic E-state index is 5.57. The lowest BCUT2D eigenvalue weighted by Crippen LogP contribution is -2.17. The van der Waals surface area contributed by atoms with Crippen molar-refractivity contribution in [3.05, 3.63) is 27.7 Å². The highest BCUT2D eigenvalue weighted by molar-refractivity contribution is 7.13. The number of anilines is 1.